The third kappa shape index (κ3) is 10.1. The van der Waals surface area contributed by atoms with E-state index < -0.39 is 0 Å². The Balaban J connectivity index is 2.02. The fraction of sp³-hybridized carbons (Fsp3) is 0.833. The number of nitrogens with zero attached hydrogens (tertiary/aromatic N) is 3. The first-order chi connectivity index (χ1) is 11.3. The smallest absolute Gasteiger partial charge is 0.227 e. The van der Waals surface area contributed by atoms with Gasteiger partial charge in [-0.15, -0.1) is 0 Å². The lowest BCUT2D eigenvalue weighted by Crippen LogP contribution is -2.10. The van der Waals surface area contributed by atoms with Gasteiger partial charge in [-0.2, -0.15) is 15.0 Å². The van der Waals surface area contributed by atoms with Crippen LogP contribution >= 0.6 is 0 Å². The lowest BCUT2D eigenvalue weighted by atomic mass is 10.1. The van der Waals surface area contributed by atoms with Gasteiger partial charge >= 0.3 is 0 Å². The summed E-state index contributed by atoms with van der Waals surface area (Å²) in [6.45, 7) is 7.96. The summed E-state index contributed by atoms with van der Waals surface area (Å²) in [7, 11) is 0. The van der Waals surface area contributed by atoms with Gasteiger partial charge in [0.1, 0.15) is 5.82 Å². The van der Waals surface area contributed by atoms with E-state index >= 15 is 0 Å². The standard InChI is InChI=1S/C18H35N5/c1-4-6-7-8-9-10-11-12-13-14-15-20-18-22-16(3)21-17(23-18)19-5-2/h4-15H2,1-3H3,(H2,19,20,21,22,23). The van der Waals surface area contributed by atoms with Gasteiger partial charge in [0.25, 0.3) is 0 Å². The maximum atomic E-state index is 4.36. The van der Waals surface area contributed by atoms with Gasteiger partial charge in [0, 0.05) is 13.1 Å². The topological polar surface area (TPSA) is 62.7 Å². The number of nitrogens with one attached hydrogen (secondary N) is 2. The third-order valence-electron chi connectivity index (χ3n) is 3.90. The van der Waals surface area contributed by atoms with E-state index in [1.165, 1.54) is 64.2 Å². The van der Waals surface area contributed by atoms with Crippen molar-refractivity contribution in [3.05, 3.63) is 5.82 Å². The molecule has 1 aromatic heterocycles. The van der Waals surface area contributed by atoms with Crippen LogP contribution in [0.25, 0.3) is 0 Å². The second-order valence-electron chi connectivity index (χ2n) is 6.17. The van der Waals surface area contributed by atoms with Crippen LogP contribution in [-0.4, -0.2) is 28.0 Å². The highest BCUT2D eigenvalue weighted by Gasteiger charge is 2.02. The highest BCUT2D eigenvalue weighted by atomic mass is 15.2. The van der Waals surface area contributed by atoms with Crippen molar-refractivity contribution >= 4 is 11.9 Å². The SMILES string of the molecule is CCCCCCCCCCCCNc1nc(C)nc(NCC)n1. The molecule has 0 aromatic carbocycles. The van der Waals surface area contributed by atoms with Crippen LogP contribution < -0.4 is 10.6 Å². The van der Waals surface area contributed by atoms with Crippen molar-refractivity contribution in [1.82, 2.24) is 15.0 Å². The Morgan fingerprint density at radius 1 is 0.652 bits per heavy atom. The Morgan fingerprint density at radius 3 is 1.74 bits per heavy atom. The zero-order valence-electron chi connectivity index (χ0n) is 15.3. The lowest BCUT2D eigenvalue weighted by Gasteiger charge is -2.08. The maximum Gasteiger partial charge on any atom is 0.227 e. The van der Waals surface area contributed by atoms with Crippen molar-refractivity contribution in [3.8, 4) is 0 Å². The third-order valence-corrected chi connectivity index (χ3v) is 3.90. The normalized spacial score (nSPS) is 10.7. The van der Waals surface area contributed by atoms with Crippen LogP contribution in [0.1, 0.15) is 83.9 Å². The second kappa shape index (κ2) is 13.1. The molecule has 0 unspecified atom stereocenters. The van der Waals surface area contributed by atoms with Crippen LogP contribution in [0.15, 0.2) is 0 Å². The van der Waals surface area contributed by atoms with Crippen LogP contribution in [0.3, 0.4) is 0 Å². The molecular weight excluding hydrogens is 286 g/mol. The molecule has 0 aliphatic carbocycles. The molecule has 1 aromatic rings. The summed E-state index contributed by atoms with van der Waals surface area (Å²) >= 11 is 0. The first kappa shape index (κ1) is 19.7. The van der Waals surface area contributed by atoms with Crippen molar-refractivity contribution in [2.45, 2.75) is 85.0 Å². The Labute approximate surface area is 142 Å². The Morgan fingerprint density at radius 2 is 1.17 bits per heavy atom. The molecule has 0 fully saturated rings. The molecule has 5 nitrogen and oxygen atoms in total. The monoisotopic (exact) mass is 321 g/mol. The van der Waals surface area contributed by atoms with Crippen LogP contribution in [0, 0.1) is 6.92 Å². The summed E-state index contributed by atoms with van der Waals surface area (Å²) in [5.74, 6) is 2.09. The zero-order chi connectivity index (χ0) is 16.8. The van der Waals surface area contributed by atoms with E-state index in [1.54, 1.807) is 0 Å². The van der Waals surface area contributed by atoms with Gasteiger partial charge < -0.3 is 10.6 Å². The van der Waals surface area contributed by atoms with Gasteiger partial charge in [-0.1, -0.05) is 64.7 Å². The first-order valence-corrected chi connectivity index (χ1v) is 9.46. The van der Waals surface area contributed by atoms with Gasteiger partial charge in [0.2, 0.25) is 11.9 Å². The average molecular weight is 322 g/mol. The molecule has 1 rings (SSSR count). The van der Waals surface area contributed by atoms with E-state index in [0.29, 0.717) is 11.9 Å². The molecule has 1 heterocycles. The minimum Gasteiger partial charge on any atom is -0.354 e. The molecule has 0 atom stereocenters. The number of hydrogen-bond donors (Lipinski definition) is 2. The lowest BCUT2D eigenvalue weighted by molar-refractivity contribution is 0.559. The summed E-state index contributed by atoms with van der Waals surface area (Å²) in [6, 6.07) is 0. The quantitative estimate of drug-likeness (QED) is 0.475. The largest absolute Gasteiger partial charge is 0.354 e. The fourth-order valence-corrected chi connectivity index (χ4v) is 2.61. The van der Waals surface area contributed by atoms with Crippen LogP contribution in [0.5, 0.6) is 0 Å². The van der Waals surface area contributed by atoms with Crippen LogP contribution in [0.4, 0.5) is 11.9 Å². The number of rotatable bonds is 14. The van der Waals surface area contributed by atoms with Gasteiger partial charge in [-0.3, -0.25) is 0 Å². The van der Waals surface area contributed by atoms with Crippen LogP contribution in [-0.2, 0) is 0 Å². The van der Waals surface area contributed by atoms with E-state index in [4.69, 9.17) is 0 Å². The Bertz CT molecular complexity index is 408. The number of anilines is 2. The molecule has 0 spiro atoms. The summed E-state index contributed by atoms with van der Waals surface area (Å²) in [5, 5.41) is 6.44. The van der Waals surface area contributed by atoms with Crippen molar-refractivity contribution in [2.75, 3.05) is 23.7 Å². The summed E-state index contributed by atoms with van der Waals surface area (Å²) in [6.07, 6.45) is 13.6. The van der Waals surface area contributed by atoms with Gasteiger partial charge in [-0.05, 0) is 20.3 Å². The van der Waals surface area contributed by atoms with E-state index in [-0.39, 0.29) is 0 Å². The molecule has 0 amide bonds. The van der Waals surface area contributed by atoms with E-state index in [0.717, 1.165) is 18.9 Å². The Kier molecular flexibility index (Phi) is 11.2. The second-order valence-corrected chi connectivity index (χ2v) is 6.17. The Hall–Kier alpha value is -1.39. The number of hydrogen-bond acceptors (Lipinski definition) is 5. The van der Waals surface area contributed by atoms with Gasteiger partial charge in [-0.25, -0.2) is 0 Å². The van der Waals surface area contributed by atoms with Crippen molar-refractivity contribution in [3.63, 3.8) is 0 Å². The van der Waals surface area contributed by atoms with Crippen molar-refractivity contribution in [1.29, 1.82) is 0 Å². The molecule has 2 N–H and O–H groups in total. The molecule has 5 heteroatoms. The van der Waals surface area contributed by atoms with E-state index in [1.807, 2.05) is 13.8 Å². The van der Waals surface area contributed by atoms with Crippen molar-refractivity contribution in [2.24, 2.45) is 0 Å². The molecule has 0 bridgehead atoms. The molecule has 132 valence electrons. The zero-order valence-corrected chi connectivity index (χ0v) is 15.3. The molecule has 23 heavy (non-hydrogen) atoms. The van der Waals surface area contributed by atoms with Gasteiger partial charge in [0.15, 0.2) is 0 Å². The predicted molar refractivity (Wildman–Crippen MR) is 99.1 cm³/mol. The molecule has 0 aliphatic heterocycles. The summed E-state index contributed by atoms with van der Waals surface area (Å²) in [5.41, 5.74) is 0. The number of aromatic nitrogens is 3. The maximum absolute atomic E-state index is 4.36. The summed E-state index contributed by atoms with van der Waals surface area (Å²) in [4.78, 5) is 12.9. The highest BCUT2D eigenvalue weighted by Crippen LogP contribution is 2.11. The minimum atomic E-state index is 0.658. The number of aryl methyl sites for hydroxylation is 1. The molecule has 0 radical (unpaired) electrons. The minimum absolute atomic E-state index is 0.658. The molecule has 0 aliphatic rings. The average Bonchev–Trinajstić information content (AvgIpc) is 2.52. The van der Waals surface area contributed by atoms with Crippen molar-refractivity contribution < 1.29 is 0 Å². The van der Waals surface area contributed by atoms with E-state index in [9.17, 15) is 0 Å². The summed E-state index contributed by atoms with van der Waals surface area (Å²) < 4.78 is 0. The predicted octanol–water partition coefficient (Wildman–Crippen LogP) is 4.94. The molecule has 0 saturated carbocycles. The highest BCUT2D eigenvalue weighted by molar-refractivity contribution is 5.33. The number of unbranched alkanes of at least 4 members (excludes halogenated alkanes) is 9. The first-order valence-electron chi connectivity index (χ1n) is 9.46. The molecule has 0 saturated heterocycles. The van der Waals surface area contributed by atoms with Crippen LogP contribution in [0.2, 0.25) is 0 Å². The van der Waals surface area contributed by atoms with Gasteiger partial charge in [0.05, 0.1) is 0 Å². The molecular formula is C18H35N5. The van der Waals surface area contributed by atoms with E-state index in [2.05, 4.69) is 32.5 Å². The fourth-order valence-electron chi connectivity index (χ4n) is 2.61.